The van der Waals surface area contributed by atoms with Crippen molar-refractivity contribution < 1.29 is 9.59 Å². The topological polar surface area (TPSA) is 100 Å². The maximum absolute atomic E-state index is 13.4. The van der Waals surface area contributed by atoms with Crippen molar-refractivity contribution in [1.82, 2.24) is 30.5 Å². The lowest BCUT2D eigenvalue weighted by molar-refractivity contribution is -0.121. The summed E-state index contributed by atoms with van der Waals surface area (Å²) in [5.74, 6) is 0.495. The SMILES string of the molecule is Cc1nc(-c2cccnc2)ncc1C(=O)N1CCCCNC(c2ccccc2)CC(=O)NCCC1. The summed E-state index contributed by atoms with van der Waals surface area (Å²) in [6, 6.07) is 13.8. The number of aryl methyl sites for hydroxylation is 1. The van der Waals surface area contributed by atoms with Crippen LogP contribution < -0.4 is 10.6 Å². The summed E-state index contributed by atoms with van der Waals surface area (Å²) >= 11 is 0. The van der Waals surface area contributed by atoms with Gasteiger partial charge in [-0.2, -0.15) is 0 Å². The van der Waals surface area contributed by atoms with Crippen molar-refractivity contribution in [1.29, 1.82) is 0 Å². The number of carbonyl (C=O) groups excluding carboxylic acids is 2. The number of carbonyl (C=O) groups is 2. The lowest BCUT2D eigenvalue weighted by Gasteiger charge is -2.23. The molecule has 3 heterocycles. The van der Waals surface area contributed by atoms with Gasteiger partial charge in [0.1, 0.15) is 0 Å². The standard InChI is InChI=1S/C27H32N6O2/c1-20-23(19-31-26(32-20)22-11-7-12-28-18-22)27(35)33-15-6-5-13-29-24(21-9-3-2-4-10-21)17-25(34)30-14-8-16-33/h2-4,7,9-12,18-19,24,29H,5-6,8,13-17H2,1H3,(H,30,34). The van der Waals surface area contributed by atoms with E-state index in [1.54, 1.807) is 18.6 Å². The van der Waals surface area contributed by atoms with Crippen LogP contribution in [0.15, 0.2) is 61.1 Å². The molecule has 1 fully saturated rings. The molecule has 1 aliphatic rings. The molecule has 3 aromatic rings. The third-order valence-corrected chi connectivity index (χ3v) is 6.18. The quantitative estimate of drug-likeness (QED) is 0.607. The first-order valence-electron chi connectivity index (χ1n) is 12.2. The van der Waals surface area contributed by atoms with Gasteiger partial charge in [0.2, 0.25) is 5.91 Å². The first-order chi connectivity index (χ1) is 17.1. The Labute approximate surface area is 206 Å². The monoisotopic (exact) mass is 472 g/mol. The molecule has 0 bridgehead atoms. The molecule has 2 aromatic heterocycles. The van der Waals surface area contributed by atoms with Crippen molar-refractivity contribution in [3.63, 3.8) is 0 Å². The van der Waals surface area contributed by atoms with E-state index in [4.69, 9.17) is 0 Å². The zero-order valence-electron chi connectivity index (χ0n) is 20.1. The summed E-state index contributed by atoms with van der Waals surface area (Å²) in [6.07, 6.45) is 7.88. The van der Waals surface area contributed by atoms with Crippen LogP contribution in [-0.4, -0.2) is 57.8 Å². The van der Waals surface area contributed by atoms with Gasteiger partial charge in [0.05, 0.1) is 11.3 Å². The van der Waals surface area contributed by atoms with Gasteiger partial charge < -0.3 is 15.5 Å². The lowest BCUT2D eigenvalue weighted by atomic mass is 10.0. The third kappa shape index (κ3) is 6.70. The molecule has 2 N–H and O–H groups in total. The summed E-state index contributed by atoms with van der Waals surface area (Å²) in [4.78, 5) is 40.9. The van der Waals surface area contributed by atoms with Crippen molar-refractivity contribution in [3.05, 3.63) is 77.9 Å². The molecule has 1 aliphatic heterocycles. The summed E-state index contributed by atoms with van der Waals surface area (Å²) in [7, 11) is 0. The first-order valence-corrected chi connectivity index (χ1v) is 12.2. The molecule has 1 atom stereocenters. The Kier molecular flexibility index (Phi) is 8.51. The molecule has 8 nitrogen and oxygen atoms in total. The fraction of sp³-hybridized carbons (Fsp3) is 0.370. The fourth-order valence-corrected chi connectivity index (χ4v) is 4.25. The van der Waals surface area contributed by atoms with E-state index < -0.39 is 0 Å². The molecule has 0 spiro atoms. The number of nitrogens with zero attached hydrogens (tertiary/aromatic N) is 4. The molecule has 1 aromatic carbocycles. The van der Waals surface area contributed by atoms with Crippen LogP contribution >= 0.6 is 0 Å². The second kappa shape index (κ2) is 12.2. The van der Waals surface area contributed by atoms with Crippen LogP contribution in [0.1, 0.15) is 53.3 Å². The molecule has 8 heteroatoms. The van der Waals surface area contributed by atoms with Crippen molar-refractivity contribution in [3.8, 4) is 11.4 Å². The smallest absolute Gasteiger partial charge is 0.257 e. The maximum Gasteiger partial charge on any atom is 0.257 e. The van der Waals surface area contributed by atoms with Gasteiger partial charge in [-0.3, -0.25) is 14.6 Å². The molecule has 1 saturated heterocycles. The first kappa shape index (κ1) is 24.5. The third-order valence-electron chi connectivity index (χ3n) is 6.18. The molecular weight excluding hydrogens is 440 g/mol. The highest BCUT2D eigenvalue weighted by atomic mass is 16.2. The fourth-order valence-electron chi connectivity index (χ4n) is 4.25. The highest BCUT2D eigenvalue weighted by molar-refractivity contribution is 5.95. The van der Waals surface area contributed by atoms with Crippen molar-refractivity contribution in [2.75, 3.05) is 26.2 Å². The van der Waals surface area contributed by atoms with Crippen LogP contribution in [0.4, 0.5) is 0 Å². The van der Waals surface area contributed by atoms with Crippen molar-refractivity contribution >= 4 is 11.8 Å². The minimum absolute atomic E-state index is 0.0127. The largest absolute Gasteiger partial charge is 0.356 e. The molecule has 0 aliphatic carbocycles. The highest BCUT2D eigenvalue weighted by Crippen LogP contribution is 2.18. The number of nitrogens with one attached hydrogen (secondary N) is 2. The van der Waals surface area contributed by atoms with Crippen LogP contribution in [0.25, 0.3) is 11.4 Å². The van der Waals surface area contributed by atoms with Crippen LogP contribution in [-0.2, 0) is 4.79 Å². The summed E-state index contributed by atoms with van der Waals surface area (Å²) in [5, 5.41) is 6.53. The van der Waals surface area contributed by atoms with Crippen LogP contribution in [0.3, 0.4) is 0 Å². The highest BCUT2D eigenvalue weighted by Gasteiger charge is 2.21. The molecule has 182 valence electrons. The van der Waals surface area contributed by atoms with Crippen molar-refractivity contribution in [2.24, 2.45) is 0 Å². The van der Waals surface area contributed by atoms with Crippen LogP contribution in [0.5, 0.6) is 0 Å². The van der Waals surface area contributed by atoms with E-state index >= 15 is 0 Å². The number of hydrogen-bond acceptors (Lipinski definition) is 6. The number of pyridine rings is 1. The van der Waals surface area contributed by atoms with E-state index in [1.807, 2.05) is 54.3 Å². The number of rotatable bonds is 3. The van der Waals surface area contributed by atoms with Gasteiger partial charge in [-0.1, -0.05) is 30.3 Å². The zero-order chi connectivity index (χ0) is 24.5. The van der Waals surface area contributed by atoms with Gasteiger partial charge in [-0.15, -0.1) is 0 Å². The average molecular weight is 473 g/mol. The minimum Gasteiger partial charge on any atom is -0.356 e. The number of aromatic nitrogens is 3. The second-order valence-electron chi connectivity index (χ2n) is 8.76. The predicted molar refractivity (Wildman–Crippen MR) is 135 cm³/mol. The van der Waals surface area contributed by atoms with E-state index in [9.17, 15) is 9.59 Å². The normalized spacial score (nSPS) is 18.0. The Morgan fingerprint density at radius 3 is 2.60 bits per heavy atom. The van der Waals surface area contributed by atoms with E-state index in [0.717, 1.165) is 30.5 Å². The lowest BCUT2D eigenvalue weighted by Crippen LogP contribution is -2.35. The Bertz CT molecular complexity index is 1120. The van der Waals surface area contributed by atoms with Gasteiger partial charge in [0.15, 0.2) is 5.82 Å². The molecule has 35 heavy (non-hydrogen) atoms. The number of benzene rings is 1. The maximum atomic E-state index is 13.4. The van der Waals surface area contributed by atoms with E-state index in [-0.39, 0.29) is 17.9 Å². The Morgan fingerprint density at radius 1 is 1.00 bits per heavy atom. The van der Waals surface area contributed by atoms with Crippen molar-refractivity contribution in [2.45, 2.75) is 38.6 Å². The Morgan fingerprint density at radius 2 is 1.83 bits per heavy atom. The number of amides is 2. The number of hydrogen-bond donors (Lipinski definition) is 2. The summed E-state index contributed by atoms with van der Waals surface area (Å²) in [5.41, 5.74) is 3.08. The second-order valence-corrected chi connectivity index (χ2v) is 8.76. The molecule has 4 rings (SSSR count). The summed E-state index contributed by atoms with van der Waals surface area (Å²) < 4.78 is 0. The van der Waals surface area contributed by atoms with Gasteiger partial charge in [-0.25, -0.2) is 9.97 Å². The average Bonchev–Trinajstić information content (AvgIpc) is 2.91. The molecule has 0 radical (unpaired) electrons. The molecule has 2 amide bonds. The Hall–Kier alpha value is -3.65. The van der Waals surface area contributed by atoms with E-state index in [2.05, 4.69) is 25.6 Å². The molecule has 0 saturated carbocycles. The Balaban J connectivity index is 1.42. The van der Waals surface area contributed by atoms with Crippen LogP contribution in [0.2, 0.25) is 0 Å². The van der Waals surface area contributed by atoms with Crippen LogP contribution in [0, 0.1) is 6.92 Å². The van der Waals surface area contributed by atoms with E-state index in [0.29, 0.717) is 49.6 Å². The predicted octanol–water partition coefficient (Wildman–Crippen LogP) is 3.31. The van der Waals surface area contributed by atoms with E-state index in [1.165, 1.54) is 0 Å². The van der Waals surface area contributed by atoms with Gasteiger partial charge >= 0.3 is 0 Å². The molecule has 1 unspecified atom stereocenters. The summed E-state index contributed by atoms with van der Waals surface area (Å²) in [6.45, 7) is 4.35. The van der Waals surface area contributed by atoms with Gasteiger partial charge in [-0.05, 0) is 50.4 Å². The molecular formula is C27H32N6O2. The van der Waals surface area contributed by atoms with Gasteiger partial charge in [0.25, 0.3) is 5.91 Å². The zero-order valence-corrected chi connectivity index (χ0v) is 20.1. The minimum atomic E-state index is -0.0726. The van der Waals surface area contributed by atoms with Gasteiger partial charge in [0, 0.05) is 56.3 Å².